The fourth-order valence-corrected chi connectivity index (χ4v) is 3.11. The van der Waals surface area contributed by atoms with Gasteiger partial charge >= 0.3 is 0 Å². The first kappa shape index (κ1) is 20.5. The molecular weight excluding hydrogens is 338 g/mol. The number of carbonyl (C=O) groups excluding carboxylic acids is 2. The highest BCUT2D eigenvalue weighted by molar-refractivity contribution is 6.08. The maximum Gasteiger partial charge on any atom is 0.233 e. The molecule has 0 aliphatic carbocycles. The highest BCUT2D eigenvalue weighted by Crippen LogP contribution is 2.23. The summed E-state index contributed by atoms with van der Waals surface area (Å²) in [6.45, 7) is 11.9. The van der Waals surface area contributed by atoms with Crippen LogP contribution in [0.3, 0.4) is 0 Å². The van der Waals surface area contributed by atoms with Gasteiger partial charge in [-0.2, -0.15) is 0 Å². The number of aryl methyl sites for hydroxylation is 3. The minimum atomic E-state index is -0.322. The molecule has 5 heteroatoms. The quantitative estimate of drug-likeness (QED) is 0.712. The minimum Gasteiger partial charge on any atom is -0.372 e. The smallest absolute Gasteiger partial charge is 0.233 e. The van der Waals surface area contributed by atoms with Gasteiger partial charge in [0.2, 0.25) is 11.8 Å². The molecule has 27 heavy (non-hydrogen) atoms. The van der Waals surface area contributed by atoms with Crippen molar-refractivity contribution in [3.05, 3.63) is 53.1 Å². The van der Waals surface area contributed by atoms with Gasteiger partial charge in [-0.15, -0.1) is 0 Å². The van der Waals surface area contributed by atoms with Crippen molar-refractivity contribution in [2.75, 3.05) is 28.6 Å². The number of benzene rings is 2. The van der Waals surface area contributed by atoms with Crippen LogP contribution in [0.1, 0.15) is 37.0 Å². The molecule has 0 saturated carbocycles. The van der Waals surface area contributed by atoms with Crippen molar-refractivity contribution in [1.82, 2.24) is 0 Å². The third-order valence-electron chi connectivity index (χ3n) is 4.68. The molecule has 2 aromatic carbocycles. The van der Waals surface area contributed by atoms with Crippen molar-refractivity contribution >= 4 is 28.9 Å². The van der Waals surface area contributed by atoms with E-state index in [9.17, 15) is 9.59 Å². The fraction of sp³-hybridized carbons (Fsp3) is 0.364. The van der Waals surface area contributed by atoms with Crippen molar-refractivity contribution in [2.24, 2.45) is 0 Å². The molecule has 144 valence electrons. The predicted octanol–water partition coefficient (Wildman–Crippen LogP) is 4.43. The zero-order chi connectivity index (χ0) is 20.0. The summed E-state index contributed by atoms with van der Waals surface area (Å²) in [6.07, 6.45) is -0.217. The average molecular weight is 367 g/mol. The molecule has 0 aliphatic heterocycles. The number of carbonyl (C=O) groups is 2. The lowest BCUT2D eigenvalue weighted by Gasteiger charge is -2.22. The van der Waals surface area contributed by atoms with Crippen LogP contribution >= 0.6 is 0 Å². The maximum atomic E-state index is 12.3. The van der Waals surface area contributed by atoms with Gasteiger partial charge < -0.3 is 15.5 Å². The number of amides is 2. The molecule has 2 rings (SSSR count). The highest BCUT2D eigenvalue weighted by Gasteiger charge is 2.13. The van der Waals surface area contributed by atoms with Crippen LogP contribution in [0.5, 0.6) is 0 Å². The number of hydrogen-bond acceptors (Lipinski definition) is 3. The molecule has 0 unspecified atom stereocenters. The maximum absolute atomic E-state index is 12.3. The van der Waals surface area contributed by atoms with Gasteiger partial charge in [-0.1, -0.05) is 18.2 Å². The Labute approximate surface area is 161 Å². The van der Waals surface area contributed by atoms with Crippen LogP contribution < -0.4 is 15.5 Å². The number of rotatable bonds is 7. The molecule has 0 radical (unpaired) electrons. The van der Waals surface area contributed by atoms with E-state index in [-0.39, 0.29) is 18.2 Å². The van der Waals surface area contributed by atoms with Gasteiger partial charge in [0.05, 0.1) is 0 Å². The second-order valence-electron chi connectivity index (χ2n) is 6.71. The van der Waals surface area contributed by atoms with E-state index in [0.717, 1.165) is 46.8 Å². The summed E-state index contributed by atoms with van der Waals surface area (Å²) in [5, 5.41) is 5.68. The van der Waals surface area contributed by atoms with Crippen LogP contribution in [-0.2, 0) is 9.59 Å². The molecule has 2 aromatic rings. The second kappa shape index (κ2) is 9.21. The Morgan fingerprint density at radius 3 is 2.00 bits per heavy atom. The van der Waals surface area contributed by atoms with E-state index in [1.165, 1.54) is 0 Å². The number of hydrogen-bond donors (Lipinski definition) is 2. The number of anilines is 3. The fourth-order valence-electron chi connectivity index (χ4n) is 3.11. The van der Waals surface area contributed by atoms with E-state index in [1.807, 2.05) is 51.1 Å². The van der Waals surface area contributed by atoms with Crippen LogP contribution in [-0.4, -0.2) is 24.9 Å². The molecule has 0 saturated heterocycles. The van der Waals surface area contributed by atoms with Crippen molar-refractivity contribution in [1.29, 1.82) is 0 Å². The minimum absolute atomic E-state index is 0.217. The third-order valence-corrected chi connectivity index (χ3v) is 4.68. The highest BCUT2D eigenvalue weighted by atomic mass is 16.2. The average Bonchev–Trinajstić information content (AvgIpc) is 2.61. The van der Waals surface area contributed by atoms with Crippen LogP contribution in [0, 0.1) is 20.8 Å². The Hall–Kier alpha value is -2.82. The van der Waals surface area contributed by atoms with Gasteiger partial charge in [-0.3, -0.25) is 9.59 Å². The summed E-state index contributed by atoms with van der Waals surface area (Å²) in [4.78, 5) is 26.8. The molecule has 0 atom stereocenters. The van der Waals surface area contributed by atoms with Gasteiger partial charge in [0, 0.05) is 30.2 Å². The van der Waals surface area contributed by atoms with Crippen molar-refractivity contribution in [2.45, 2.75) is 41.0 Å². The Kier molecular flexibility index (Phi) is 6.99. The summed E-state index contributed by atoms with van der Waals surface area (Å²) < 4.78 is 0. The van der Waals surface area contributed by atoms with Gasteiger partial charge in [0.15, 0.2) is 0 Å². The lowest BCUT2D eigenvalue weighted by atomic mass is 10.1. The van der Waals surface area contributed by atoms with Crippen LogP contribution in [0.2, 0.25) is 0 Å². The lowest BCUT2D eigenvalue weighted by Crippen LogP contribution is -2.23. The molecule has 0 bridgehead atoms. The van der Waals surface area contributed by atoms with E-state index in [1.54, 1.807) is 0 Å². The molecular formula is C22H29N3O2. The lowest BCUT2D eigenvalue weighted by molar-refractivity contribution is -0.123. The largest absolute Gasteiger partial charge is 0.372 e. The zero-order valence-corrected chi connectivity index (χ0v) is 16.8. The molecule has 5 nitrogen and oxygen atoms in total. The molecule has 0 heterocycles. The number of nitrogens with one attached hydrogen (secondary N) is 2. The summed E-state index contributed by atoms with van der Waals surface area (Å²) >= 11 is 0. The normalized spacial score (nSPS) is 10.4. The van der Waals surface area contributed by atoms with Crippen molar-refractivity contribution in [3.63, 3.8) is 0 Å². The first-order chi connectivity index (χ1) is 12.8. The summed E-state index contributed by atoms with van der Waals surface area (Å²) in [7, 11) is 0. The van der Waals surface area contributed by atoms with E-state index in [0.29, 0.717) is 0 Å². The third kappa shape index (κ3) is 5.33. The first-order valence-corrected chi connectivity index (χ1v) is 9.37. The monoisotopic (exact) mass is 367 g/mol. The van der Waals surface area contributed by atoms with Crippen LogP contribution in [0.25, 0.3) is 0 Å². The molecule has 0 spiro atoms. The van der Waals surface area contributed by atoms with Gasteiger partial charge in [0.25, 0.3) is 0 Å². The van der Waals surface area contributed by atoms with E-state index >= 15 is 0 Å². The summed E-state index contributed by atoms with van der Waals surface area (Å²) in [5.41, 5.74) is 5.56. The Balaban J connectivity index is 2.00. The topological polar surface area (TPSA) is 61.4 Å². The molecule has 2 N–H and O–H groups in total. The SMILES string of the molecule is CCN(CC)c1ccc(NC(=O)CC(=O)Nc2c(C)cccc2C)c(C)c1. The summed E-state index contributed by atoms with van der Waals surface area (Å²) in [5.74, 6) is -0.639. The number of para-hydroxylation sites is 1. The van der Waals surface area contributed by atoms with Crippen LogP contribution in [0.15, 0.2) is 36.4 Å². The molecule has 2 amide bonds. The van der Waals surface area contributed by atoms with E-state index < -0.39 is 0 Å². The zero-order valence-electron chi connectivity index (χ0n) is 16.8. The standard InChI is InChI=1S/C22H29N3O2/c1-6-25(7-2)18-11-12-19(17(5)13-18)23-20(26)14-21(27)24-22-15(3)9-8-10-16(22)4/h8-13H,6-7,14H2,1-5H3,(H,23,26)(H,24,27). The second-order valence-corrected chi connectivity index (χ2v) is 6.71. The van der Waals surface area contributed by atoms with E-state index in [4.69, 9.17) is 0 Å². The Morgan fingerprint density at radius 2 is 1.44 bits per heavy atom. The van der Waals surface area contributed by atoms with Crippen LogP contribution in [0.4, 0.5) is 17.1 Å². The Morgan fingerprint density at radius 1 is 0.852 bits per heavy atom. The van der Waals surface area contributed by atoms with Gasteiger partial charge in [0.1, 0.15) is 6.42 Å². The van der Waals surface area contributed by atoms with E-state index in [2.05, 4.69) is 35.4 Å². The van der Waals surface area contributed by atoms with Crippen molar-refractivity contribution < 1.29 is 9.59 Å². The van der Waals surface area contributed by atoms with Gasteiger partial charge in [-0.05, 0) is 69.5 Å². The first-order valence-electron chi connectivity index (χ1n) is 9.37. The molecule has 0 fully saturated rings. The predicted molar refractivity (Wildman–Crippen MR) is 113 cm³/mol. The number of nitrogens with zero attached hydrogens (tertiary/aromatic N) is 1. The van der Waals surface area contributed by atoms with Gasteiger partial charge in [-0.25, -0.2) is 0 Å². The molecule has 0 aliphatic rings. The summed E-state index contributed by atoms with van der Waals surface area (Å²) in [6, 6.07) is 11.8. The Bertz CT molecular complexity index is 806. The van der Waals surface area contributed by atoms with Crippen molar-refractivity contribution in [3.8, 4) is 0 Å². The molecule has 0 aromatic heterocycles.